The number of nitrogens with zero attached hydrogens (tertiary/aromatic N) is 2. The SMILES string of the molecule is CCc1ccc(C(=O)N2CCCC2=S)c(OC)c1C(=O)N1CCSC1=S. The van der Waals surface area contributed by atoms with Crippen molar-refractivity contribution in [2.24, 2.45) is 0 Å². The molecule has 0 aliphatic carbocycles. The van der Waals surface area contributed by atoms with Gasteiger partial charge in [0.05, 0.1) is 23.2 Å². The van der Waals surface area contributed by atoms with Crippen LogP contribution in [-0.4, -0.2) is 56.9 Å². The maximum atomic E-state index is 13.2. The fraction of sp³-hybridized carbons (Fsp3) is 0.444. The fourth-order valence-electron chi connectivity index (χ4n) is 3.25. The van der Waals surface area contributed by atoms with E-state index in [9.17, 15) is 9.59 Å². The highest BCUT2D eigenvalue weighted by atomic mass is 32.2. The number of amides is 2. The quantitative estimate of drug-likeness (QED) is 0.713. The van der Waals surface area contributed by atoms with Crippen LogP contribution in [0.5, 0.6) is 5.75 Å². The van der Waals surface area contributed by atoms with Gasteiger partial charge in [-0.2, -0.15) is 0 Å². The van der Waals surface area contributed by atoms with Gasteiger partial charge in [0, 0.05) is 25.3 Å². The van der Waals surface area contributed by atoms with Gasteiger partial charge in [0.2, 0.25) is 0 Å². The largest absolute Gasteiger partial charge is 0.495 e. The number of methoxy groups -OCH3 is 1. The molecule has 3 rings (SSSR count). The molecule has 0 saturated carbocycles. The Morgan fingerprint density at radius 3 is 2.50 bits per heavy atom. The lowest BCUT2D eigenvalue weighted by Crippen LogP contribution is -2.34. The third kappa shape index (κ3) is 3.37. The molecule has 2 fully saturated rings. The summed E-state index contributed by atoms with van der Waals surface area (Å²) in [4.78, 5) is 30.0. The third-order valence-corrected chi connectivity index (χ3v) is 6.45. The standard InChI is InChI=1S/C18H20N2O3S3/c1-3-11-6-7-12(16(21)19-8-4-5-13(19)24)15(23-2)14(11)17(22)20-9-10-26-18(20)25/h6-7H,3-5,8-10H2,1-2H3. The molecule has 1 aromatic carbocycles. The van der Waals surface area contributed by atoms with Crippen molar-refractivity contribution in [2.45, 2.75) is 26.2 Å². The molecule has 0 spiro atoms. The lowest BCUT2D eigenvalue weighted by Gasteiger charge is -2.23. The van der Waals surface area contributed by atoms with Crippen LogP contribution in [0.4, 0.5) is 0 Å². The van der Waals surface area contributed by atoms with Crippen LogP contribution in [0, 0.1) is 0 Å². The minimum absolute atomic E-state index is 0.202. The molecule has 0 radical (unpaired) electrons. The maximum Gasteiger partial charge on any atom is 0.263 e. The number of hydrogen-bond acceptors (Lipinski definition) is 6. The van der Waals surface area contributed by atoms with E-state index in [4.69, 9.17) is 29.2 Å². The molecule has 2 aliphatic rings. The summed E-state index contributed by atoms with van der Waals surface area (Å²) in [6, 6.07) is 3.56. The monoisotopic (exact) mass is 408 g/mol. The molecule has 0 unspecified atom stereocenters. The van der Waals surface area contributed by atoms with E-state index in [-0.39, 0.29) is 11.8 Å². The Morgan fingerprint density at radius 1 is 1.19 bits per heavy atom. The topological polar surface area (TPSA) is 49.9 Å². The molecule has 2 aliphatic heterocycles. The number of rotatable bonds is 4. The number of thiocarbonyl (C=S) groups is 2. The van der Waals surface area contributed by atoms with Crippen molar-refractivity contribution in [1.29, 1.82) is 0 Å². The van der Waals surface area contributed by atoms with E-state index >= 15 is 0 Å². The molecule has 8 heteroatoms. The summed E-state index contributed by atoms with van der Waals surface area (Å²) in [5.41, 5.74) is 1.64. The Balaban J connectivity index is 2.07. The number of ether oxygens (including phenoxy) is 1. The Hall–Kier alpha value is -1.51. The number of benzene rings is 1. The molecule has 2 heterocycles. The van der Waals surface area contributed by atoms with Crippen LogP contribution in [-0.2, 0) is 6.42 Å². The van der Waals surface area contributed by atoms with Gasteiger partial charge < -0.3 is 9.64 Å². The van der Waals surface area contributed by atoms with Crippen molar-refractivity contribution < 1.29 is 14.3 Å². The van der Waals surface area contributed by atoms with E-state index in [0.717, 1.165) is 24.2 Å². The van der Waals surface area contributed by atoms with E-state index in [0.29, 0.717) is 45.7 Å². The van der Waals surface area contributed by atoms with Gasteiger partial charge in [-0.25, -0.2) is 0 Å². The maximum absolute atomic E-state index is 13.2. The van der Waals surface area contributed by atoms with E-state index in [1.54, 1.807) is 15.9 Å². The Bertz CT molecular complexity index is 794. The average molecular weight is 409 g/mol. The number of hydrogen-bond donors (Lipinski definition) is 0. The molecule has 26 heavy (non-hydrogen) atoms. The summed E-state index contributed by atoms with van der Waals surface area (Å²) in [5, 5.41) is 0. The summed E-state index contributed by atoms with van der Waals surface area (Å²) in [6.45, 7) is 3.15. The average Bonchev–Trinajstić information content (AvgIpc) is 3.27. The van der Waals surface area contributed by atoms with Gasteiger partial charge in [-0.1, -0.05) is 49.2 Å². The molecule has 138 valence electrons. The summed E-state index contributed by atoms with van der Waals surface area (Å²) >= 11 is 12.1. The van der Waals surface area contributed by atoms with Crippen LogP contribution in [0.1, 0.15) is 46.0 Å². The number of carbonyl (C=O) groups is 2. The molecule has 5 nitrogen and oxygen atoms in total. The van der Waals surface area contributed by atoms with Crippen LogP contribution in [0.3, 0.4) is 0 Å². The summed E-state index contributed by atoms with van der Waals surface area (Å²) < 4.78 is 6.13. The molecule has 0 atom stereocenters. The molecule has 2 amide bonds. The van der Waals surface area contributed by atoms with Gasteiger partial charge in [-0.15, -0.1) is 0 Å². The van der Waals surface area contributed by atoms with Gasteiger partial charge in [-0.05, 0) is 24.5 Å². The van der Waals surface area contributed by atoms with Crippen LogP contribution >= 0.6 is 36.2 Å². The van der Waals surface area contributed by atoms with E-state index < -0.39 is 0 Å². The highest BCUT2D eigenvalue weighted by Crippen LogP contribution is 2.33. The van der Waals surface area contributed by atoms with Gasteiger partial charge in [-0.3, -0.25) is 14.5 Å². The van der Waals surface area contributed by atoms with Crippen molar-refractivity contribution in [2.75, 3.05) is 26.0 Å². The first kappa shape index (κ1) is 19.3. The Kier molecular flexibility index (Phi) is 5.94. The van der Waals surface area contributed by atoms with E-state index in [1.807, 2.05) is 13.0 Å². The van der Waals surface area contributed by atoms with Gasteiger partial charge in [0.15, 0.2) is 0 Å². The van der Waals surface area contributed by atoms with E-state index in [1.165, 1.54) is 18.9 Å². The lowest BCUT2D eigenvalue weighted by molar-refractivity contribution is 0.0853. The first-order valence-corrected chi connectivity index (χ1v) is 10.3. The van der Waals surface area contributed by atoms with Crippen LogP contribution in [0.2, 0.25) is 0 Å². The second-order valence-electron chi connectivity index (χ2n) is 6.06. The van der Waals surface area contributed by atoms with Crippen molar-refractivity contribution in [1.82, 2.24) is 9.80 Å². The molecule has 2 saturated heterocycles. The van der Waals surface area contributed by atoms with Crippen LogP contribution < -0.4 is 4.74 Å². The number of carbonyl (C=O) groups excluding carboxylic acids is 2. The lowest BCUT2D eigenvalue weighted by atomic mass is 9.98. The van der Waals surface area contributed by atoms with Gasteiger partial charge >= 0.3 is 0 Å². The number of thioether (sulfide) groups is 1. The number of likely N-dealkylation sites (tertiary alicyclic amines) is 1. The van der Waals surface area contributed by atoms with Gasteiger partial charge in [0.1, 0.15) is 10.1 Å². The Morgan fingerprint density at radius 2 is 1.96 bits per heavy atom. The number of aryl methyl sites for hydroxylation is 1. The predicted molar refractivity (Wildman–Crippen MR) is 111 cm³/mol. The Labute approximate surface area is 168 Å². The van der Waals surface area contributed by atoms with Crippen LogP contribution in [0.25, 0.3) is 0 Å². The van der Waals surface area contributed by atoms with Crippen LogP contribution in [0.15, 0.2) is 12.1 Å². The minimum atomic E-state index is -0.209. The summed E-state index contributed by atoms with van der Waals surface area (Å²) in [7, 11) is 1.49. The normalized spacial score (nSPS) is 17.2. The molecule has 0 N–H and O–H groups in total. The predicted octanol–water partition coefficient (Wildman–Crippen LogP) is 3.29. The zero-order valence-corrected chi connectivity index (χ0v) is 17.2. The highest BCUT2D eigenvalue weighted by molar-refractivity contribution is 8.23. The zero-order valence-electron chi connectivity index (χ0n) is 14.7. The van der Waals surface area contributed by atoms with Crippen molar-refractivity contribution in [3.8, 4) is 5.75 Å². The van der Waals surface area contributed by atoms with Crippen molar-refractivity contribution in [3.63, 3.8) is 0 Å². The second kappa shape index (κ2) is 8.02. The molecule has 1 aromatic rings. The first-order valence-electron chi connectivity index (χ1n) is 8.52. The van der Waals surface area contributed by atoms with Crippen molar-refractivity contribution in [3.05, 3.63) is 28.8 Å². The van der Waals surface area contributed by atoms with Gasteiger partial charge in [0.25, 0.3) is 11.8 Å². The minimum Gasteiger partial charge on any atom is -0.495 e. The molecular weight excluding hydrogens is 388 g/mol. The van der Waals surface area contributed by atoms with E-state index in [2.05, 4.69) is 0 Å². The smallest absolute Gasteiger partial charge is 0.263 e. The highest BCUT2D eigenvalue weighted by Gasteiger charge is 2.33. The zero-order chi connectivity index (χ0) is 18.8. The first-order chi connectivity index (χ1) is 12.5. The summed E-state index contributed by atoms with van der Waals surface area (Å²) in [5.74, 6) is 0.690. The molecule has 0 bridgehead atoms. The van der Waals surface area contributed by atoms with Crippen molar-refractivity contribution >= 4 is 57.3 Å². The summed E-state index contributed by atoms with van der Waals surface area (Å²) in [6.07, 6.45) is 2.26. The second-order valence-corrected chi connectivity index (χ2v) is 8.26. The molecule has 0 aromatic heterocycles. The third-order valence-electron chi connectivity index (χ3n) is 4.60. The fourth-order valence-corrected chi connectivity index (χ4v) is 4.78. The molecular formula is C18H20N2O3S3.